The maximum Gasteiger partial charge on any atom is 0.236 e. The summed E-state index contributed by atoms with van der Waals surface area (Å²) < 4.78 is 27.2. The summed E-state index contributed by atoms with van der Waals surface area (Å²) in [6, 6.07) is 14.8. The number of hydrogen-bond acceptors (Lipinski definition) is 7. The van der Waals surface area contributed by atoms with E-state index in [0.717, 1.165) is 24.0 Å². The summed E-state index contributed by atoms with van der Waals surface area (Å²) in [6.07, 6.45) is 1.54. The average molecular weight is 450 g/mol. The molecule has 0 unspecified atom stereocenters. The number of methoxy groups -OCH3 is 3. The van der Waals surface area contributed by atoms with Crippen molar-refractivity contribution in [3.63, 3.8) is 0 Å². The topological polar surface area (TPSA) is 88.1 Å². The number of ether oxygens (including phenoxy) is 5. The van der Waals surface area contributed by atoms with Crippen molar-refractivity contribution in [2.45, 2.75) is 18.3 Å². The monoisotopic (exact) mass is 450 g/mol. The molecule has 1 fully saturated rings. The Balaban J connectivity index is 0.00000274. The molecule has 1 aliphatic heterocycles. The normalized spacial score (nSPS) is 15.0. The van der Waals surface area contributed by atoms with Crippen molar-refractivity contribution >= 4 is 11.7 Å². The summed E-state index contributed by atoms with van der Waals surface area (Å²) in [5.41, 5.74) is 1.79. The van der Waals surface area contributed by atoms with Gasteiger partial charge in [-0.05, 0) is 54.8 Å². The Morgan fingerprint density at radius 3 is 2.36 bits per heavy atom. The molecule has 1 saturated carbocycles. The number of pyridine rings is 1. The van der Waals surface area contributed by atoms with Crippen molar-refractivity contribution in [2.75, 3.05) is 33.4 Å². The fraction of sp³-hybridized carbons (Fsp3) is 0.280. The Morgan fingerprint density at radius 1 is 0.970 bits per heavy atom. The molecule has 0 bridgehead atoms. The lowest BCUT2D eigenvalue weighted by molar-refractivity contribution is -0.118. The summed E-state index contributed by atoms with van der Waals surface area (Å²) in [6.45, 7) is 0.204. The molecule has 8 nitrogen and oxygen atoms in total. The van der Waals surface area contributed by atoms with Crippen LogP contribution in [0.15, 0.2) is 48.5 Å². The van der Waals surface area contributed by atoms with Gasteiger partial charge in [-0.1, -0.05) is 12.1 Å². The number of hydrogen-bond donors (Lipinski definition) is 1. The van der Waals surface area contributed by atoms with Gasteiger partial charge >= 0.3 is 0 Å². The first-order chi connectivity index (χ1) is 16.1. The van der Waals surface area contributed by atoms with Gasteiger partial charge in [-0.25, -0.2) is 4.98 Å². The van der Waals surface area contributed by atoms with Crippen LogP contribution in [-0.2, 0) is 10.2 Å². The highest BCUT2D eigenvalue weighted by molar-refractivity contribution is 6.01. The van der Waals surface area contributed by atoms with Gasteiger partial charge in [0.05, 0.1) is 32.4 Å². The Hall–Kier alpha value is -3.94. The molecule has 172 valence electrons. The first kappa shape index (κ1) is 20.9. The predicted octanol–water partition coefficient (Wildman–Crippen LogP) is 4.42. The molecule has 0 atom stereocenters. The number of amides is 1. The molecule has 1 amide bonds. The summed E-state index contributed by atoms with van der Waals surface area (Å²) >= 11 is 0. The summed E-state index contributed by atoms with van der Waals surface area (Å²) in [5, 5.41) is 2.99. The van der Waals surface area contributed by atoms with E-state index in [1.807, 2.05) is 42.5 Å². The third kappa shape index (κ3) is 3.67. The molecule has 2 aromatic carbocycles. The van der Waals surface area contributed by atoms with Crippen LogP contribution in [0.1, 0.15) is 19.8 Å². The van der Waals surface area contributed by atoms with E-state index in [0.29, 0.717) is 40.3 Å². The summed E-state index contributed by atoms with van der Waals surface area (Å²) in [4.78, 5) is 17.9. The van der Waals surface area contributed by atoms with Gasteiger partial charge in [0.1, 0.15) is 5.82 Å². The number of benzene rings is 2. The molecular formula is C25H26N2O6. The van der Waals surface area contributed by atoms with Gasteiger partial charge in [-0.2, -0.15) is 0 Å². The number of anilines is 1. The summed E-state index contributed by atoms with van der Waals surface area (Å²) in [7, 11) is 4.69. The van der Waals surface area contributed by atoms with Crippen LogP contribution in [0.5, 0.6) is 28.7 Å². The summed E-state index contributed by atoms with van der Waals surface area (Å²) in [5.74, 6) is 3.33. The standard InChI is InChI=1S/C25H24N2O6.H2/c1-29-20-11-15(12-21(30-2)23(20)31-3)17-5-4-6-22(26-17)27-24(28)25(9-10-25)16-7-8-18-19(13-16)33-14-32-18;/h4-8,11-13H,9-10,14H2,1-3H3,(H,26,27,28);1H. The van der Waals surface area contributed by atoms with Crippen LogP contribution in [0.25, 0.3) is 11.3 Å². The predicted molar refractivity (Wildman–Crippen MR) is 124 cm³/mol. The highest BCUT2D eigenvalue weighted by atomic mass is 16.7. The van der Waals surface area contributed by atoms with Gasteiger partial charge in [0, 0.05) is 6.99 Å². The number of rotatable bonds is 7. The Labute approximate surface area is 192 Å². The highest BCUT2D eigenvalue weighted by Crippen LogP contribution is 2.51. The molecule has 3 aromatic rings. The first-order valence-electron chi connectivity index (χ1n) is 10.6. The van der Waals surface area contributed by atoms with Crippen LogP contribution in [0, 0.1) is 0 Å². The number of carbonyl (C=O) groups is 1. The second kappa shape index (κ2) is 8.20. The molecule has 2 heterocycles. The Morgan fingerprint density at radius 2 is 1.70 bits per heavy atom. The fourth-order valence-electron chi connectivity index (χ4n) is 4.10. The van der Waals surface area contributed by atoms with Gasteiger partial charge in [0.15, 0.2) is 23.0 Å². The lowest BCUT2D eigenvalue weighted by atomic mass is 9.94. The van der Waals surface area contributed by atoms with Crippen LogP contribution in [-0.4, -0.2) is 39.0 Å². The molecule has 2 aliphatic rings. The zero-order valence-electron chi connectivity index (χ0n) is 18.6. The fourth-order valence-corrected chi connectivity index (χ4v) is 4.10. The van der Waals surface area contributed by atoms with Crippen molar-refractivity contribution in [3.05, 3.63) is 54.1 Å². The zero-order chi connectivity index (χ0) is 23.0. The zero-order valence-corrected chi connectivity index (χ0v) is 18.6. The molecule has 1 N–H and O–H groups in total. The van der Waals surface area contributed by atoms with Crippen LogP contribution >= 0.6 is 0 Å². The molecule has 8 heteroatoms. The smallest absolute Gasteiger partial charge is 0.236 e. The van der Waals surface area contributed by atoms with Crippen LogP contribution < -0.4 is 29.0 Å². The first-order valence-corrected chi connectivity index (χ1v) is 10.6. The van der Waals surface area contributed by atoms with Crippen molar-refractivity contribution in [1.82, 2.24) is 4.98 Å². The van der Waals surface area contributed by atoms with Crippen LogP contribution in [0.2, 0.25) is 0 Å². The highest BCUT2D eigenvalue weighted by Gasteiger charge is 2.51. The molecule has 0 spiro atoms. The average Bonchev–Trinajstić information content (AvgIpc) is 3.54. The molecule has 33 heavy (non-hydrogen) atoms. The van der Waals surface area contributed by atoms with Crippen molar-refractivity contribution < 1.29 is 29.9 Å². The molecule has 1 aromatic heterocycles. The number of nitrogens with one attached hydrogen (secondary N) is 1. The second-order valence-electron chi connectivity index (χ2n) is 7.93. The van der Waals surface area contributed by atoms with Crippen molar-refractivity contribution in [1.29, 1.82) is 0 Å². The number of fused-ring (bicyclic) bond motifs is 1. The quantitative estimate of drug-likeness (QED) is 0.570. The van der Waals surface area contributed by atoms with Gasteiger partial charge in [-0.15, -0.1) is 0 Å². The third-order valence-corrected chi connectivity index (χ3v) is 6.06. The second-order valence-corrected chi connectivity index (χ2v) is 7.93. The minimum Gasteiger partial charge on any atom is -0.493 e. The molecule has 0 saturated heterocycles. The van der Waals surface area contributed by atoms with Crippen molar-refractivity contribution in [3.8, 4) is 40.0 Å². The van der Waals surface area contributed by atoms with E-state index < -0.39 is 5.41 Å². The van der Waals surface area contributed by atoms with Gasteiger partial charge < -0.3 is 29.0 Å². The SMILES string of the molecule is COc1cc(-c2cccc(NC(=O)C3(c4ccc5c(c4)OCO5)CC3)n2)cc(OC)c1OC.[HH]. The number of carbonyl (C=O) groups excluding carboxylic acids is 1. The number of nitrogens with zero attached hydrogens (tertiary/aromatic N) is 1. The maximum absolute atomic E-state index is 13.2. The molecule has 0 radical (unpaired) electrons. The van der Waals surface area contributed by atoms with E-state index in [2.05, 4.69) is 10.3 Å². The van der Waals surface area contributed by atoms with E-state index >= 15 is 0 Å². The number of aromatic nitrogens is 1. The van der Waals surface area contributed by atoms with E-state index in [1.54, 1.807) is 27.4 Å². The Bertz CT molecular complexity index is 1200. The Kier molecular flexibility index (Phi) is 5.20. The van der Waals surface area contributed by atoms with E-state index in [1.165, 1.54) is 0 Å². The van der Waals surface area contributed by atoms with E-state index in [-0.39, 0.29) is 14.1 Å². The molecule has 1 aliphatic carbocycles. The van der Waals surface area contributed by atoms with Gasteiger partial charge in [0.25, 0.3) is 0 Å². The maximum atomic E-state index is 13.2. The van der Waals surface area contributed by atoms with Gasteiger partial charge in [-0.3, -0.25) is 4.79 Å². The third-order valence-electron chi connectivity index (χ3n) is 6.06. The van der Waals surface area contributed by atoms with Crippen LogP contribution in [0.4, 0.5) is 5.82 Å². The molecular weight excluding hydrogens is 424 g/mol. The van der Waals surface area contributed by atoms with E-state index in [4.69, 9.17) is 23.7 Å². The largest absolute Gasteiger partial charge is 0.493 e. The molecule has 5 rings (SSSR count). The minimum atomic E-state index is -0.578. The van der Waals surface area contributed by atoms with E-state index in [9.17, 15) is 4.79 Å². The minimum absolute atomic E-state index is 0. The lowest BCUT2D eigenvalue weighted by Crippen LogP contribution is -2.28. The van der Waals surface area contributed by atoms with Crippen molar-refractivity contribution in [2.24, 2.45) is 0 Å². The van der Waals surface area contributed by atoms with Gasteiger partial charge in [0.2, 0.25) is 18.4 Å². The lowest BCUT2D eigenvalue weighted by Gasteiger charge is -2.17. The van der Waals surface area contributed by atoms with Crippen LogP contribution in [0.3, 0.4) is 0 Å².